The van der Waals surface area contributed by atoms with E-state index in [9.17, 15) is 9.59 Å². The van der Waals surface area contributed by atoms with Crippen molar-refractivity contribution in [3.8, 4) is 0 Å². The zero-order valence-electron chi connectivity index (χ0n) is 10.2. The Balaban J connectivity index is 0. The second-order valence-electron chi connectivity index (χ2n) is 2.83. The van der Waals surface area contributed by atoms with E-state index in [0.717, 1.165) is 12.2 Å². The summed E-state index contributed by atoms with van der Waals surface area (Å²) in [6, 6.07) is 10.0. The molecule has 0 bridgehead atoms. The van der Waals surface area contributed by atoms with E-state index in [1.165, 1.54) is 5.56 Å². The Morgan fingerprint density at radius 2 is 1.22 bits per heavy atom. The van der Waals surface area contributed by atoms with Crippen molar-refractivity contribution in [3.05, 3.63) is 67.8 Å². The number of amides is 2. The number of carbonyl (C=O) groups is 2. The van der Waals surface area contributed by atoms with Crippen LogP contribution in [0.15, 0.2) is 62.2 Å². The Morgan fingerprint density at radius 1 is 0.889 bits per heavy atom. The predicted molar refractivity (Wildman–Crippen MR) is 75.3 cm³/mol. The van der Waals surface area contributed by atoms with Crippen molar-refractivity contribution in [3.63, 3.8) is 0 Å². The van der Waals surface area contributed by atoms with Gasteiger partial charge in [0.1, 0.15) is 0 Å². The van der Waals surface area contributed by atoms with Crippen LogP contribution in [0.3, 0.4) is 0 Å². The second-order valence-corrected chi connectivity index (χ2v) is 2.83. The first-order chi connectivity index (χ1) is 8.47. The van der Waals surface area contributed by atoms with Crippen molar-refractivity contribution < 1.29 is 9.59 Å². The van der Waals surface area contributed by atoms with Crippen LogP contribution in [-0.2, 0) is 9.59 Å². The predicted octanol–water partition coefficient (Wildman–Crippen LogP) is 1.64. The van der Waals surface area contributed by atoms with E-state index in [-0.39, 0.29) is 0 Å². The topological polar surface area (TPSA) is 86.2 Å². The van der Waals surface area contributed by atoms with Crippen molar-refractivity contribution in [2.45, 2.75) is 0 Å². The highest BCUT2D eigenvalue weighted by Gasteiger charge is 1.75. The van der Waals surface area contributed by atoms with Gasteiger partial charge in [-0.2, -0.15) is 0 Å². The molecule has 0 fully saturated rings. The first-order valence-corrected chi connectivity index (χ1v) is 4.99. The zero-order chi connectivity index (χ0) is 14.4. The summed E-state index contributed by atoms with van der Waals surface area (Å²) in [4.78, 5) is 18.9. The third kappa shape index (κ3) is 15.8. The third-order valence-corrected chi connectivity index (χ3v) is 1.44. The number of nitrogens with two attached hydrogens (primary N) is 2. The molecule has 4 heteroatoms. The molecule has 0 radical (unpaired) electrons. The SMILES string of the molecule is C=CC(N)=O.C=CC(N)=O.C=Cc1ccccc1. The van der Waals surface area contributed by atoms with Gasteiger partial charge < -0.3 is 11.5 Å². The first kappa shape index (κ1) is 17.8. The van der Waals surface area contributed by atoms with Gasteiger partial charge >= 0.3 is 0 Å². The molecule has 0 saturated carbocycles. The maximum absolute atomic E-state index is 9.47. The smallest absolute Gasteiger partial charge is 0.240 e. The van der Waals surface area contributed by atoms with Gasteiger partial charge in [-0.15, -0.1) is 0 Å². The van der Waals surface area contributed by atoms with Crippen LogP contribution in [0.25, 0.3) is 6.08 Å². The number of hydrogen-bond acceptors (Lipinski definition) is 2. The summed E-state index contributed by atoms with van der Waals surface area (Å²) in [5.74, 6) is -0.963. The second kappa shape index (κ2) is 12.4. The molecule has 0 spiro atoms. The standard InChI is InChI=1S/C8H8.2C3H5NO/c1-2-8-6-4-3-5-7-8;2*1-2-3(4)5/h2-7H,1H2;2*2H,1H2,(H2,4,5). The van der Waals surface area contributed by atoms with Crippen molar-refractivity contribution in [1.82, 2.24) is 0 Å². The molecule has 0 heterocycles. The fourth-order valence-electron chi connectivity index (χ4n) is 0.589. The van der Waals surface area contributed by atoms with E-state index < -0.39 is 11.8 Å². The number of rotatable bonds is 3. The summed E-state index contributed by atoms with van der Waals surface area (Å²) >= 11 is 0. The molecule has 0 aliphatic carbocycles. The van der Waals surface area contributed by atoms with E-state index in [0.29, 0.717) is 0 Å². The van der Waals surface area contributed by atoms with Crippen LogP contribution in [0.5, 0.6) is 0 Å². The van der Waals surface area contributed by atoms with Gasteiger partial charge in [0.25, 0.3) is 0 Å². The minimum absolute atomic E-state index is 0.481. The van der Waals surface area contributed by atoms with E-state index in [2.05, 4.69) is 31.2 Å². The van der Waals surface area contributed by atoms with Crippen LogP contribution in [0.1, 0.15) is 5.56 Å². The summed E-state index contributed by atoms with van der Waals surface area (Å²) in [6.07, 6.45) is 3.94. The third-order valence-electron chi connectivity index (χ3n) is 1.44. The van der Waals surface area contributed by atoms with Crippen molar-refractivity contribution >= 4 is 17.9 Å². The van der Waals surface area contributed by atoms with Crippen LogP contribution in [0, 0.1) is 0 Å². The number of hydrogen-bond donors (Lipinski definition) is 2. The molecule has 0 aliphatic rings. The van der Waals surface area contributed by atoms with Crippen molar-refractivity contribution in [1.29, 1.82) is 0 Å². The molecular formula is C14H18N2O2. The molecule has 2 amide bonds. The lowest BCUT2D eigenvalue weighted by Gasteiger charge is -1.85. The van der Waals surface area contributed by atoms with Gasteiger partial charge in [0.2, 0.25) is 11.8 Å². The Bertz CT molecular complexity index is 380. The summed E-state index contributed by atoms with van der Waals surface area (Å²) in [7, 11) is 0. The van der Waals surface area contributed by atoms with Gasteiger partial charge in [-0.1, -0.05) is 56.1 Å². The molecular weight excluding hydrogens is 228 g/mol. The first-order valence-electron chi connectivity index (χ1n) is 4.99. The van der Waals surface area contributed by atoms with Crippen molar-refractivity contribution in [2.75, 3.05) is 0 Å². The van der Waals surface area contributed by atoms with Gasteiger partial charge in [0, 0.05) is 0 Å². The monoisotopic (exact) mass is 246 g/mol. The molecule has 1 rings (SSSR count). The molecule has 96 valence electrons. The average molecular weight is 246 g/mol. The van der Waals surface area contributed by atoms with E-state index in [1.807, 2.05) is 36.4 Å². The lowest BCUT2D eigenvalue weighted by molar-refractivity contribution is -0.114. The summed E-state index contributed by atoms with van der Waals surface area (Å²) in [5.41, 5.74) is 10.2. The Hall–Kier alpha value is -2.62. The largest absolute Gasteiger partial charge is 0.366 e. The summed E-state index contributed by atoms with van der Waals surface area (Å²) in [6.45, 7) is 9.80. The summed E-state index contributed by atoms with van der Waals surface area (Å²) < 4.78 is 0. The van der Waals surface area contributed by atoms with Crippen LogP contribution in [0.2, 0.25) is 0 Å². The quantitative estimate of drug-likeness (QED) is 0.794. The number of benzene rings is 1. The highest BCUT2D eigenvalue weighted by molar-refractivity contribution is 5.85. The lowest BCUT2D eigenvalue weighted by atomic mass is 10.2. The van der Waals surface area contributed by atoms with Crippen molar-refractivity contribution in [2.24, 2.45) is 11.5 Å². The van der Waals surface area contributed by atoms with E-state index in [4.69, 9.17) is 0 Å². The van der Waals surface area contributed by atoms with Gasteiger partial charge in [-0.3, -0.25) is 9.59 Å². The highest BCUT2D eigenvalue weighted by Crippen LogP contribution is 1.97. The molecule has 18 heavy (non-hydrogen) atoms. The van der Waals surface area contributed by atoms with Gasteiger partial charge in [-0.05, 0) is 17.7 Å². The fourth-order valence-corrected chi connectivity index (χ4v) is 0.589. The van der Waals surface area contributed by atoms with Crippen LogP contribution in [0.4, 0.5) is 0 Å². The molecule has 0 aromatic heterocycles. The van der Waals surface area contributed by atoms with Crippen LogP contribution in [-0.4, -0.2) is 11.8 Å². The Labute approximate surface area is 107 Å². The summed E-state index contributed by atoms with van der Waals surface area (Å²) in [5, 5.41) is 0. The molecule has 0 aliphatic heterocycles. The minimum atomic E-state index is -0.481. The number of primary amides is 2. The Kier molecular flexibility index (Phi) is 12.3. The molecule has 0 atom stereocenters. The van der Waals surface area contributed by atoms with Crippen LogP contribution >= 0.6 is 0 Å². The number of carbonyl (C=O) groups excluding carboxylic acids is 2. The normalized spacial score (nSPS) is 7.33. The van der Waals surface area contributed by atoms with Gasteiger partial charge in [0.05, 0.1) is 0 Å². The van der Waals surface area contributed by atoms with E-state index in [1.54, 1.807) is 0 Å². The van der Waals surface area contributed by atoms with E-state index >= 15 is 0 Å². The van der Waals surface area contributed by atoms with Gasteiger partial charge in [0.15, 0.2) is 0 Å². The molecule has 1 aromatic carbocycles. The Morgan fingerprint density at radius 3 is 1.39 bits per heavy atom. The molecule has 1 aromatic rings. The zero-order valence-corrected chi connectivity index (χ0v) is 10.2. The molecule has 4 nitrogen and oxygen atoms in total. The molecule has 0 unspecified atom stereocenters. The average Bonchev–Trinajstić information content (AvgIpc) is 2.41. The molecule has 4 N–H and O–H groups in total. The highest BCUT2D eigenvalue weighted by atomic mass is 16.1. The minimum Gasteiger partial charge on any atom is -0.366 e. The maximum atomic E-state index is 9.47. The fraction of sp³-hybridized carbons (Fsp3) is 0. The van der Waals surface area contributed by atoms with Crippen LogP contribution < -0.4 is 11.5 Å². The molecule has 0 saturated heterocycles. The lowest BCUT2D eigenvalue weighted by Crippen LogP contribution is -2.04. The van der Waals surface area contributed by atoms with Gasteiger partial charge in [-0.25, -0.2) is 0 Å². The maximum Gasteiger partial charge on any atom is 0.240 e.